The minimum absolute atomic E-state index is 0.164. The molecule has 0 aliphatic heterocycles. The smallest absolute Gasteiger partial charge is 0.190 e. The number of hydrogen-bond donors (Lipinski definition) is 1. The molecule has 0 atom stereocenters. The maximum Gasteiger partial charge on any atom is 0.190 e. The van der Waals surface area contributed by atoms with Gasteiger partial charge in [-0.05, 0) is 35.6 Å². The van der Waals surface area contributed by atoms with Gasteiger partial charge < -0.3 is 10.1 Å². The molecule has 130 valence electrons. The van der Waals surface area contributed by atoms with Crippen molar-refractivity contribution >= 4 is 29.3 Å². The number of hydrogen-bond acceptors (Lipinski definition) is 6. The van der Waals surface area contributed by atoms with Crippen molar-refractivity contribution < 1.29 is 4.74 Å². The lowest BCUT2D eigenvalue weighted by molar-refractivity contribution is 0.332. The zero-order valence-electron chi connectivity index (χ0n) is 14.9. The van der Waals surface area contributed by atoms with Gasteiger partial charge in [-0.15, -0.1) is 11.8 Å². The topological polar surface area (TPSA) is 47.0 Å². The van der Waals surface area contributed by atoms with Crippen molar-refractivity contribution in [1.29, 1.82) is 0 Å². The van der Waals surface area contributed by atoms with Crippen LogP contribution in [0, 0.1) is 0 Å². The summed E-state index contributed by atoms with van der Waals surface area (Å²) in [6, 6.07) is 10.3. The number of nitrogens with zero attached hydrogens (tertiary/aromatic N) is 2. The lowest BCUT2D eigenvalue weighted by atomic mass is 9.87. The number of aromatic nitrogens is 2. The SMILES string of the molecule is CSc1cc(NCCOc2ccc(C(C)(C)C)cc2)nc(SC)n1. The van der Waals surface area contributed by atoms with E-state index in [2.05, 4.69) is 48.2 Å². The Hall–Kier alpha value is -1.40. The van der Waals surface area contributed by atoms with Crippen molar-refractivity contribution in [1.82, 2.24) is 9.97 Å². The Labute approximate surface area is 153 Å². The molecule has 0 fully saturated rings. The summed E-state index contributed by atoms with van der Waals surface area (Å²) in [4.78, 5) is 8.87. The van der Waals surface area contributed by atoms with Crippen LogP contribution in [0.5, 0.6) is 5.75 Å². The number of ether oxygens (including phenoxy) is 1. The zero-order chi connectivity index (χ0) is 17.6. The Kier molecular flexibility index (Phi) is 6.80. The highest BCUT2D eigenvalue weighted by Crippen LogP contribution is 2.24. The molecule has 0 saturated carbocycles. The highest BCUT2D eigenvalue weighted by atomic mass is 32.2. The number of rotatable bonds is 7. The van der Waals surface area contributed by atoms with Crippen LogP contribution in [0.15, 0.2) is 40.5 Å². The van der Waals surface area contributed by atoms with Crippen molar-refractivity contribution in [2.24, 2.45) is 0 Å². The van der Waals surface area contributed by atoms with Crippen LogP contribution in [0.4, 0.5) is 5.82 Å². The van der Waals surface area contributed by atoms with Crippen molar-refractivity contribution in [2.75, 3.05) is 31.0 Å². The Balaban J connectivity index is 1.85. The Morgan fingerprint density at radius 3 is 2.33 bits per heavy atom. The molecule has 0 saturated heterocycles. The average molecular weight is 364 g/mol. The highest BCUT2D eigenvalue weighted by molar-refractivity contribution is 7.99. The lowest BCUT2D eigenvalue weighted by Gasteiger charge is -2.19. The molecular formula is C18H25N3OS2. The Morgan fingerprint density at radius 1 is 1.04 bits per heavy atom. The molecule has 1 heterocycles. The van der Waals surface area contributed by atoms with Gasteiger partial charge in [-0.1, -0.05) is 44.7 Å². The minimum Gasteiger partial charge on any atom is -0.492 e. The number of benzene rings is 1. The van der Waals surface area contributed by atoms with Crippen LogP contribution in [0.2, 0.25) is 0 Å². The fourth-order valence-electron chi connectivity index (χ4n) is 2.09. The van der Waals surface area contributed by atoms with E-state index in [4.69, 9.17) is 4.74 Å². The largest absolute Gasteiger partial charge is 0.492 e. The summed E-state index contributed by atoms with van der Waals surface area (Å²) >= 11 is 3.16. The van der Waals surface area contributed by atoms with Crippen molar-refractivity contribution in [3.05, 3.63) is 35.9 Å². The predicted octanol–water partition coefficient (Wildman–Crippen LogP) is 4.71. The summed E-state index contributed by atoms with van der Waals surface area (Å²) in [5.74, 6) is 1.73. The summed E-state index contributed by atoms with van der Waals surface area (Å²) in [6.07, 6.45) is 3.99. The standard InChI is InChI=1S/C18H25N3OS2/c1-18(2,3)13-6-8-14(9-7-13)22-11-10-19-15-12-16(23-4)21-17(20-15)24-5/h6-9,12H,10-11H2,1-5H3,(H,19,20,21). The Morgan fingerprint density at radius 2 is 1.75 bits per heavy atom. The third-order valence-electron chi connectivity index (χ3n) is 3.47. The van der Waals surface area contributed by atoms with Gasteiger partial charge in [0.05, 0.1) is 6.54 Å². The summed E-state index contributed by atoms with van der Waals surface area (Å²) in [6.45, 7) is 7.91. The molecule has 0 bridgehead atoms. The summed E-state index contributed by atoms with van der Waals surface area (Å²) in [5.41, 5.74) is 1.47. The molecular weight excluding hydrogens is 338 g/mol. The summed E-state index contributed by atoms with van der Waals surface area (Å²) in [5, 5.41) is 5.05. The van der Waals surface area contributed by atoms with Crippen molar-refractivity contribution in [2.45, 2.75) is 36.4 Å². The summed E-state index contributed by atoms with van der Waals surface area (Å²) < 4.78 is 5.79. The first-order valence-electron chi connectivity index (χ1n) is 7.86. The van der Waals surface area contributed by atoms with E-state index in [9.17, 15) is 0 Å². The first-order valence-corrected chi connectivity index (χ1v) is 10.3. The third kappa shape index (κ3) is 5.60. The van der Waals surface area contributed by atoms with Crippen LogP contribution in [-0.2, 0) is 5.41 Å². The maximum atomic E-state index is 5.79. The zero-order valence-corrected chi connectivity index (χ0v) is 16.6. The van der Waals surface area contributed by atoms with Crippen LogP contribution >= 0.6 is 23.5 Å². The fraction of sp³-hybridized carbons (Fsp3) is 0.444. The van der Waals surface area contributed by atoms with Gasteiger partial charge in [0.15, 0.2) is 5.16 Å². The number of thioether (sulfide) groups is 2. The van der Waals surface area contributed by atoms with Gasteiger partial charge in [-0.3, -0.25) is 0 Å². The van der Waals surface area contributed by atoms with Gasteiger partial charge in [0, 0.05) is 6.07 Å². The van der Waals surface area contributed by atoms with E-state index in [1.807, 2.05) is 30.7 Å². The average Bonchev–Trinajstić information content (AvgIpc) is 2.58. The normalized spacial score (nSPS) is 11.4. The third-order valence-corrected chi connectivity index (χ3v) is 4.65. The summed E-state index contributed by atoms with van der Waals surface area (Å²) in [7, 11) is 0. The fourth-order valence-corrected chi connectivity index (χ4v) is 2.93. The van der Waals surface area contributed by atoms with Crippen LogP contribution in [-0.4, -0.2) is 35.6 Å². The van der Waals surface area contributed by atoms with Crippen LogP contribution < -0.4 is 10.1 Å². The molecule has 1 N–H and O–H groups in total. The van der Waals surface area contributed by atoms with Gasteiger partial charge >= 0.3 is 0 Å². The monoisotopic (exact) mass is 363 g/mol. The quantitative estimate of drug-likeness (QED) is 0.333. The molecule has 2 rings (SSSR count). The van der Waals surface area contributed by atoms with E-state index in [-0.39, 0.29) is 5.41 Å². The number of nitrogens with one attached hydrogen (secondary N) is 1. The predicted molar refractivity (Wildman–Crippen MR) is 105 cm³/mol. The van der Waals surface area contributed by atoms with E-state index < -0.39 is 0 Å². The molecule has 6 heteroatoms. The van der Waals surface area contributed by atoms with E-state index in [1.54, 1.807) is 23.5 Å². The van der Waals surface area contributed by atoms with Gasteiger partial charge in [0.25, 0.3) is 0 Å². The number of anilines is 1. The van der Waals surface area contributed by atoms with Gasteiger partial charge in [-0.2, -0.15) is 0 Å². The van der Waals surface area contributed by atoms with Crippen LogP contribution in [0.25, 0.3) is 0 Å². The van der Waals surface area contributed by atoms with E-state index in [1.165, 1.54) is 5.56 Å². The van der Waals surface area contributed by atoms with E-state index in [0.717, 1.165) is 21.7 Å². The molecule has 0 radical (unpaired) electrons. The van der Waals surface area contributed by atoms with Crippen LogP contribution in [0.1, 0.15) is 26.3 Å². The lowest BCUT2D eigenvalue weighted by Crippen LogP contribution is -2.13. The van der Waals surface area contributed by atoms with Crippen LogP contribution in [0.3, 0.4) is 0 Å². The highest BCUT2D eigenvalue weighted by Gasteiger charge is 2.12. The first kappa shape index (κ1) is 18.9. The molecule has 1 aromatic carbocycles. The van der Waals surface area contributed by atoms with Crippen molar-refractivity contribution in [3.8, 4) is 5.75 Å². The maximum absolute atomic E-state index is 5.79. The Bertz CT molecular complexity index is 632. The molecule has 1 aromatic heterocycles. The molecule has 0 spiro atoms. The second-order valence-electron chi connectivity index (χ2n) is 6.33. The first-order chi connectivity index (χ1) is 11.4. The van der Waals surface area contributed by atoms with Gasteiger partial charge in [0.2, 0.25) is 0 Å². The molecule has 0 aliphatic rings. The molecule has 0 aliphatic carbocycles. The second-order valence-corrected chi connectivity index (χ2v) is 7.93. The molecule has 24 heavy (non-hydrogen) atoms. The molecule has 4 nitrogen and oxygen atoms in total. The molecule has 0 unspecified atom stereocenters. The van der Waals surface area contributed by atoms with E-state index in [0.29, 0.717) is 13.2 Å². The van der Waals surface area contributed by atoms with E-state index >= 15 is 0 Å². The van der Waals surface area contributed by atoms with Gasteiger partial charge in [0.1, 0.15) is 23.2 Å². The van der Waals surface area contributed by atoms with Crippen molar-refractivity contribution in [3.63, 3.8) is 0 Å². The minimum atomic E-state index is 0.164. The molecule has 0 amide bonds. The van der Waals surface area contributed by atoms with Gasteiger partial charge in [-0.25, -0.2) is 9.97 Å². The molecule has 2 aromatic rings. The second kappa shape index (κ2) is 8.62.